The maximum atomic E-state index is 15.0. The molecule has 0 N–H and O–H groups in total. The molecule has 0 fully saturated rings. The molecule has 29 heavy (non-hydrogen) atoms. The number of nitrogens with zero attached hydrogens (tertiary/aromatic N) is 3. The van der Waals surface area contributed by atoms with Gasteiger partial charge in [-0.15, -0.1) is 0 Å². The maximum Gasteiger partial charge on any atom is 0.307 e. The van der Waals surface area contributed by atoms with Crippen LogP contribution in [-0.2, 0) is 14.0 Å². The Balaban J connectivity index is 2.49. The molecule has 1 heterocycles. The average Bonchev–Trinajstić information content (AvgIpc) is 3.19. The number of alkyl halides is 1. The van der Waals surface area contributed by atoms with Gasteiger partial charge in [-0.3, -0.25) is 4.79 Å². The molecule has 3 unspecified atom stereocenters. The summed E-state index contributed by atoms with van der Waals surface area (Å²) in [6, 6.07) is 8.62. The number of benzene rings is 1. The molecule has 0 saturated heterocycles. The molecule has 0 spiro atoms. The van der Waals surface area contributed by atoms with Gasteiger partial charge in [0.1, 0.15) is 12.3 Å². The van der Waals surface area contributed by atoms with Gasteiger partial charge in [-0.2, -0.15) is 5.26 Å². The van der Waals surface area contributed by atoms with E-state index < -0.39 is 27.4 Å². The minimum Gasteiger partial charge on any atom is -0.469 e. The van der Waals surface area contributed by atoms with Crippen LogP contribution in [0.1, 0.15) is 55.2 Å². The standard InChI is InChI=1S/C21H28FN3O3Si/c1-5-6-17(22)21(28-29(3)4)19-13-24-14-25(19)18(11-20(26)27-2)16-9-7-15(12-23)8-10-16/h7-10,13-14,17-18,21,29H,5-6,11H2,1-4H3. The monoisotopic (exact) mass is 417 g/mol. The van der Waals surface area contributed by atoms with Gasteiger partial charge < -0.3 is 13.7 Å². The molecule has 2 aromatic rings. The van der Waals surface area contributed by atoms with E-state index in [1.165, 1.54) is 7.11 Å². The van der Waals surface area contributed by atoms with Gasteiger partial charge in [0.05, 0.1) is 49.4 Å². The molecular formula is C21H28FN3O3Si. The Morgan fingerprint density at radius 1 is 1.34 bits per heavy atom. The van der Waals surface area contributed by atoms with Crippen LogP contribution in [0.2, 0.25) is 13.1 Å². The summed E-state index contributed by atoms with van der Waals surface area (Å²) < 4.78 is 27.7. The van der Waals surface area contributed by atoms with Gasteiger partial charge in [0.15, 0.2) is 9.04 Å². The predicted octanol–water partition coefficient (Wildman–Crippen LogP) is 4.09. The van der Waals surface area contributed by atoms with Crippen LogP contribution in [0.5, 0.6) is 0 Å². The molecule has 6 nitrogen and oxygen atoms in total. The smallest absolute Gasteiger partial charge is 0.307 e. The van der Waals surface area contributed by atoms with Gasteiger partial charge >= 0.3 is 5.97 Å². The second-order valence-corrected chi connectivity index (χ2v) is 9.54. The first-order chi connectivity index (χ1) is 13.9. The van der Waals surface area contributed by atoms with Crippen LogP contribution in [0.4, 0.5) is 4.39 Å². The fourth-order valence-electron chi connectivity index (χ4n) is 3.25. The topological polar surface area (TPSA) is 77.1 Å². The van der Waals surface area contributed by atoms with E-state index in [4.69, 9.17) is 14.4 Å². The van der Waals surface area contributed by atoms with Gasteiger partial charge in [-0.1, -0.05) is 25.5 Å². The van der Waals surface area contributed by atoms with Crippen molar-refractivity contribution in [1.82, 2.24) is 9.55 Å². The van der Waals surface area contributed by atoms with E-state index in [-0.39, 0.29) is 12.4 Å². The third-order valence-electron chi connectivity index (χ3n) is 4.65. The lowest BCUT2D eigenvalue weighted by Gasteiger charge is -2.28. The number of imidazole rings is 1. The lowest BCUT2D eigenvalue weighted by Crippen LogP contribution is -2.27. The zero-order valence-electron chi connectivity index (χ0n) is 17.3. The highest BCUT2D eigenvalue weighted by Crippen LogP contribution is 2.32. The quantitative estimate of drug-likeness (QED) is 0.430. The number of methoxy groups -OCH3 is 1. The Labute approximate surface area is 173 Å². The molecule has 1 aromatic carbocycles. The van der Waals surface area contributed by atoms with E-state index in [0.717, 1.165) is 5.56 Å². The Kier molecular flexibility index (Phi) is 8.55. The predicted molar refractivity (Wildman–Crippen MR) is 111 cm³/mol. The summed E-state index contributed by atoms with van der Waals surface area (Å²) in [5.41, 5.74) is 1.93. The van der Waals surface area contributed by atoms with Crippen molar-refractivity contribution in [3.05, 3.63) is 53.6 Å². The number of halogens is 1. The molecule has 2 rings (SSSR count). The van der Waals surface area contributed by atoms with Crippen LogP contribution < -0.4 is 0 Å². The first kappa shape index (κ1) is 22.8. The third-order valence-corrected chi connectivity index (χ3v) is 5.48. The fraction of sp³-hybridized carbons (Fsp3) is 0.476. The third kappa shape index (κ3) is 5.99. The van der Waals surface area contributed by atoms with Gasteiger partial charge in [0.2, 0.25) is 0 Å². The number of esters is 1. The van der Waals surface area contributed by atoms with Crippen LogP contribution in [-0.4, -0.2) is 37.8 Å². The number of aromatic nitrogens is 2. The molecule has 0 aliphatic rings. The summed E-state index contributed by atoms with van der Waals surface area (Å²) in [5.74, 6) is -0.389. The molecule has 1 aromatic heterocycles. The zero-order chi connectivity index (χ0) is 21.4. The summed E-state index contributed by atoms with van der Waals surface area (Å²) in [7, 11) is -0.199. The van der Waals surface area contributed by atoms with Crippen molar-refractivity contribution in [2.24, 2.45) is 0 Å². The van der Waals surface area contributed by atoms with Crippen LogP contribution in [0, 0.1) is 11.3 Å². The van der Waals surface area contributed by atoms with Crippen LogP contribution in [0.15, 0.2) is 36.8 Å². The molecule has 0 amide bonds. The van der Waals surface area contributed by atoms with Crippen molar-refractivity contribution >= 4 is 15.0 Å². The average molecular weight is 418 g/mol. The molecule has 0 radical (unpaired) electrons. The lowest BCUT2D eigenvalue weighted by atomic mass is 10.0. The van der Waals surface area contributed by atoms with Crippen molar-refractivity contribution in [2.45, 2.75) is 57.6 Å². The second-order valence-electron chi connectivity index (χ2n) is 7.17. The highest BCUT2D eigenvalue weighted by atomic mass is 28.3. The van der Waals surface area contributed by atoms with Crippen molar-refractivity contribution in [2.75, 3.05) is 7.11 Å². The first-order valence-corrected chi connectivity index (χ1v) is 12.6. The van der Waals surface area contributed by atoms with Gasteiger partial charge in [-0.05, 0) is 37.2 Å². The summed E-state index contributed by atoms with van der Waals surface area (Å²) in [6.45, 7) is 5.93. The molecule has 156 valence electrons. The van der Waals surface area contributed by atoms with E-state index in [9.17, 15) is 9.18 Å². The number of carbonyl (C=O) groups is 1. The van der Waals surface area contributed by atoms with E-state index in [1.807, 2.05) is 20.0 Å². The van der Waals surface area contributed by atoms with Gasteiger partial charge in [0.25, 0.3) is 0 Å². The Morgan fingerprint density at radius 3 is 2.59 bits per heavy atom. The first-order valence-electron chi connectivity index (χ1n) is 9.79. The van der Waals surface area contributed by atoms with E-state index >= 15 is 0 Å². The zero-order valence-corrected chi connectivity index (χ0v) is 18.5. The van der Waals surface area contributed by atoms with Crippen molar-refractivity contribution < 1.29 is 18.3 Å². The van der Waals surface area contributed by atoms with E-state index in [0.29, 0.717) is 24.1 Å². The fourth-order valence-corrected chi connectivity index (χ4v) is 4.15. The molecule has 0 bridgehead atoms. The number of hydrogen-bond acceptors (Lipinski definition) is 5. The summed E-state index contributed by atoms with van der Waals surface area (Å²) in [5, 5.41) is 9.05. The highest BCUT2D eigenvalue weighted by molar-refractivity contribution is 6.48. The largest absolute Gasteiger partial charge is 0.469 e. The van der Waals surface area contributed by atoms with E-state index in [2.05, 4.69) is 11.1 Å². The van der Waals surface area contributed by atoms with E-state index in [1.54, 1.807) is 41.4 Å². The Bertz CT molecular complexity index is 832. The normalized spacial score (nSPS) is 14.2. The SMILES string of the molecule is CCCC(F)C(O[SiH](C)C)c1cncn1C(CC(=O)OC)c1ccc(C#N)cc1. The summed E-state index contributed by atoms with van der Waals surface area (Å²) in [6.07, 6.45) is 2.46. The van der Waals surface area contributed by atoms with Crippen LogP contribution in [0.25, 0.3) is 0 Å². The minimum absolute atomic E-state index is 0.0579. The molecule has 8 heteroatoms. The van der Waals surface area contributed by atoms with Crippen molar-refractivity contribution in [3.8, 4) is 6.07 Å². The summed E-state index contributed by atoms with van der Waals surface area (Å²) in [4.78, 5) is 16.3. The Morgan fingerprint density at radius 2 is 2.03 bits per heavy atom. The molecule has 0 aliphatic heterocycles. The minimum atomic E-state index is -1.53. The summed E-state index contributed by atoms with van der Waals surface area (Å²) >= 11 is 0. The second kappa shape index (κ2) is 10.9. The number of ether oxygens (including phenoxy) is 1. The maximum absolute atomic E-state index is 15.0. The van der Waals surface area contributed by atoms with Gasteiger partial charge in [0, 0.05) is 0 Å². The molecule has 0 aliphatic carbocycles. The molecule has 0 saturated carbocycles. The number of rotatable bonds is 10. The Hall–Kier alpha value is -2.50. The highest BCUT2D eigenvalue weighted by Gasteiger charge is 2.30. The van der Waals surface area contributed by atoms with Crippen LogP contribution >= 0.6 is 0 Å². The number of carbonyl (C=O) groups excluding carboxylic acids is 1. The molecular weight excluding hydrogens is 389 g/mol. The van der Waals surface area contributed by atoms with Crippen molar-refractivity contribution in [3.63, 3.8) is 0 Å². The van der Waals surface area contributed by atoms with Crippen LogP contribution in [0.3, 0.4) is 0 Å². The molecule has 3 atom stereocenters. The van der Waals surface area contributed by atoms with Crippen molar-refractivity contribution in [1.29, 1.82) is 5.26 Å². The van der Waals surface area contributed by atoms with Gasteiger partial charge in [-0.25, -0.2) is 9.37 Å². The number of hydrogen-bond donors (Lipinski definition) is 0. The lowest BCUT2D eigenvalue weighted by molar-refractivity contribution is -0.141. The number of nitriles is 1.